The number of para-hydroxylation sites is 1. The largest absolute Gasteiger partial charge is 0.356 e. The van der Waals surface area contributed by atoms with Gasteiger partial charge in [0.1, 0.15) is 0 Å². The number of aryl methyl sites for hydroxylation is 1. The summed E-state index contributed by atoms with van der Waals surface area (Å²) in [7, 11) is 2.01. The molecule has 0 saturated carbocycles. The van der Waals surface area contributed by atoms with E-state index in [1.54, 1.807) is 0 Å². The van der Waals surface area contributed by atoms with E-state index in [4.69, 9.17) is 0 Å². The molecule has 0 aliphatic carbocycles. The summed E-state index contributed by atoms with van der Waals surface area (Å²) >= 11 is 0. The summed E-state index contributed by atoms with van der Waals surface area (Å²) in [6.07, 6.45) is 0.899. The average Bonchev–Trinajstić information content (AvgIpc) is 2.99. The van der Waals surface area contributed by atoms with Crippen LogP contribution in [0.1, 0.15) is 31.5 Å². The second-order valence-corrected chi connectivity index (χ2v) is 7.04. The van der Waals surface area contributed by atoms with Gasteiger partial charge < -0.3 is 10.3 Å². The fraction of sp³-hybridized carbons (Fsp3) is 0.273. The molecule has 124 valence electrons. The minimum atomic E-state index is -0.144. The van der Waals surface area contributed by atoms with Gasteiger partial charge in [0.2, 0.25) is 0 Å². The van der Waals surface area contributed by atoms with E-state index in [0.29, 0.717) is 0 Å². The van der Waals surface area contributed by atoms with Gasteiger partial charge in [-0.3, -0.25) is 0 Å². The number of H-pyrrole nitrogens is 1. The highest BCUT2D eigenvalue weighted by Crippen LogP contribution is 2.34. The van der Waals surface area contributed by atoms with E-state index in [1.807, 2.05) is 7.05 Å². The van der Waals surface area contributed by atoms with Gasteiger partial charge in [0.25, 0.3) is 0 Å². The molecule has 0 spiro atoms. The molecule has 2 aromatic carbocycles. The fourth-order valence-electron chi connectivity index (χ4n) is 3.43. The van der Waals surface area contributed by atoms with Crippen molar-refractivity contribution in [2.45, 2.75) is 32.7 Å². The highest BCUT2D eigenvalue weighted by atomic mass is 15.0. The summed E-state index contributed by atoms with van der Waals surface area (Å²) in [5, 5.41) is 4.71. The van der Waals surface area contributed by atoms with Crippen LogP contribution in [0.2, 0.25) is 0 Å². The molecule has 0 aliphatic rings. The maximum absolute atomic E-state index is 4.09. The summed E-state index contributed by atoms with van der Waals surface area (Å²) in [5.74, 6) is 0. The Morgan fingerprint density at radius 1 is 1.17 bits per heavy atom. The Labute approximate surface area is 144 Å². The summed E-state index contributed by atoms with van der Waals surface area (Å²) < 4.78 is 0. The monoisotopic (exact) mass is 318 g/mol. The standard InChI is InChI=1S/C22H26N2/c1-15(2)14-22(4,23-5)20-13-18-10-7-11-19(21(18)24-20)17-9-6-8-16(3)12-17/h6-13,23-24H,1,14H2,2-5H3/t22-/m0/s1. The number of hydrogen-bond donors (Lipinski definition) is 2. The van der Waals surface area contributed by atoms with Crippen LogP contribution in [0.15, 0.2) is 60.7 Å². The van der Waals surface area contributed by atoms with Crippen molar-refractivity contribution in [3.8, 4) is 11.1 Å². The van der Waals surface area contributed by atoms with Crippen molar-refractivity contribution in [2.24, 2.45) is 0 Å². The SMILES string of the molecule is C=C(C)C[C@](C)(NC)c1cc2cccc(-c3cccc(C)c3)c2[nH]1. The molecule has 3 rings (SSSR count). The summed E-state index contributed by atoms with van der Waals surface area (Å²) in [6.45, 7) is 10.5. The molecule has 2 nitrogen and oxygen atoms in total. The van der Waals surface area contributed by atoms with E-state index in [0.717, 1.165) is 6.42 Å². The third-order valence-corrected chi connectivity index (χ3v) is 4.79. The lowest BCUT2D eigenvalue weighted by molar-refractivity contribution is 0.387. The third-order valence-electron chi connectivity index (χ3n) is 4.79. The van der Waals surface area contributed by atoms with Crippen molar-refractivity contribution >= 4 is 10.9 Å². The van der Waals surface area contributed by atoms with E-state index in [-0.39, 0.29) is 5.54 Å². The lowest BCUT2D eigenvalue weighted by atomic mass is 9.90. The predicted molar refractivity (Wildman–Crippen MR) is 104 cm³/mol. The quantitative estimate of drug-likeness (QED) is 0.594. The van der Waals surface area contributed by atoms with E-state index >= 15 is 0 Å². The van der Waals surface area contributed by atoms with Gasteiger partial charge in [0.05, 0.1) is 11.1 Å². The number of nitrogens with one attached hydrogen (secondary N) is 2. The molecule has 0 unspecified atom stereocenters. The molecular weight excluding hydrogens is 292 g/mol. The minimum absolute atomic E-state index is 0.144. The molecule has 1 atom stereocenters. The first-order valence-electron chi connectivity index (χ1n) is 8.45. The number of rotatable bonds is 5. The van der Waals surface area contributed by atoms with Gasteiger partial charge >= 0.3 is 0 Å². The lowest BCUT2D eigenvalue weighted by Crippen LogP contribution is -2.37. The maximum Gasteiger partial charge on any atom is 0.0593 e. The van der Waals surface area contributed by atoms with Gasteiger partial charge in [-0.2, -0.15) is 0 Å². The zero-order valence-corrected chi connectivity index (χ0v) is 15.0. The second-order valence-electron chi connectivity index (χ2n) is 7.04. The van der Waals surface area contributed by atoms with E-state index in [1.165, 1.54) is 38.9 Å². The molecule has 0 bridgehead atoms. The highest BCUT2D eigenvalue weighted by Gasteiger charge is 2.26. The zero-order chi connectivity index (χ0) is 17.3. The summed E-state index contributed by atoms with van der Waals surface area (Å²) in [5.41, 5.74) is 7.19. The molecule has 1 heterocycles. The fourth-order valence-corrected chi connectivity index (χ4v) is 3.43. The first kappa shape index (κ1) is 16.5. The number of aromatic amines is 1. The lowest BCUT2D eigenvalue weighted by Gasteiger charge is -2.28. The van der Waals surface area contributed by atoms with Gasteiger partial charge in [-0.05, 0) is 45.9 Å². The van der Waals surface area contributed by atoms with Crippen LogP contribution >= 0.6 is 0 Å². The van der Waals surface area contributed by atoms with Gasteiger partial charge in [0, 0.05) is 16.6 Å². The van der Waals surface area contributed by atoms with Crippen molar-refractivity contribution in [1.29, 1.82) is 0 Å². The zero-order valence-electron chi connectivity index (χ0n) is 15.0. The van der Waals surface area contributed by atoms with E-state index in [9.17, 15) is 0 Å². The molecule has 2 N–H and O–H groups in total. The number of fused-ring (bicyclic) bond motifs is 1. The van der Waals surface area contributed by atoms with Crippen molar-refractivity contribution in [2.75, 3.05) is 7.05 Å². The molecular formula is C22H26N2. The topological polar surface area (TPSA) is 27.8 Å². The number of aromatic nitrogens is 1. The average molecular weight is 318 g/mol. The molecule has 0 saturated heterocycles. The van der Waals surface area contributed by atoms with Crippen LogP contribution in [0.4, 0.5) is 0 Å². The van der Waals surface area contributed by atoms with Gasteiger partial charge in [-0.15, -0.1) is 6.58 Å². The highest BCUT2D eigenvalue weighted by molar-refractivity contribution is 5.95. The molecule has 0 amide bonds. The Kier molecular flexibility index (Phi) is 4.33. The Balaban J connectivity index is 2.15. The third kappa shape index (κ3) is 3.02. The Hall–Kier alpha value is -2.32. The molecule has 3 aromatic rings. The summed E-state index contributed by atoms with van der Waals surface area (Å²) in [6, 6.07) is 17.4. The van der Waals surface area contributed by atoms with Crippen molar-refractivity contribution in [1.82, 2.24) is 10.3 Å². The van der Waals surface area contributed by atoms with Crippen LogP contribution < -0.4 is 5.32 Å². The first-order valence-corrected chi connectivity index (χ1v) is 8.45. The molecule has 0 radical (unpaired) electrons. The van der Waals surface area contributed by atoms with Gasteiger partial charge in [-0.1, -0.05) is 53.6 Å². The smallest absolute Gasteiger partial charge is 0.0593 e. The Morgan fingerprint density at radius 2 is 1.92 bits per heavy atom. The number of benzene rings is 2. The molecule has 2 heteroatoms. The van der Waals surface area contributed by atoms with Crippen LogP contribution in [0.5, 0.6) is 0 Å². The minimum Gasteiger partial charge on any atom is -0.356 e. The Morgan fingerprint density at radius 3 is 2.58 bits per heavy atom. The van der Waals surface area contributed by atoms with Crippen molar-refractivity contribution < 1.29 is 0 Å². The van der Waals surface area contributed by atoms with E-state index in [2.05, 4.69) is 86.2 Å². The van der Waals surface area contributed by atoms with Gasteiger partial charge in [0.15, 0.2) is 0 Å². The van der Waals surface area contributed by atoms with Crippen LogP contribution in [-0.2, 0) is 5.54 Å². The predicted octanol–water partition coefficient (Wildman–Crippen LogP) is 5.54. The molecule has 0 fully saturated rings. The van der Waals surface area contributed by atoms with Crippen molar-refractivity contribution in [3.05, 3.63) is 71.9 Å². The normalized spacial score (nSPS) is 13.8. The Bertz CT molecular complexity index is 888. The summed E-state index contributed by atoms with van der Waals surface area (Å²) in [4.78, 5) is 3.68. The van der Waals surface area contributed by atoms with Crippen LogP contribution in [0.3, 0.4) is 0 Å². The van der Waals surface area contributed by atoms with Gasteiger partial charge in [-0.25, -0.2) is 0 Å². The van der Waals surface area contributed by atoms with Crippen molar-refractivity contribution in [3.63, 3.8) is 0 Å². The number of hydrogen-bond acceptors (Lipinski definition) is 1. The first-order chi connectivity index (χ1) is 11.4. The molecule has 24 heavy (non-hydrogen) atoms. The second kappa shape index (κ2) is 6.29. The van der Waals surface area contributed by atoms with Crippen LogP contribution in [-0.4, -0.2) is 12.0 Å². The van der Waals surface area contributed by atoms with Crippen LogP contribution in [0, 0.1) is 6.92 Å². The van der Waals surface area contributed by atoms with Crippen LogP contribution in [0.25, 0.3) is 22.0 Å². The molecule has 0 aliphatic heterocycles. The maximum atomic E-state index is 4.09. The van der Waals surface area contributed by atoms with E-state index < -0.39 is 0 Å². The molecule has 1 aromatic heterocycles.